The van der Waals surface area contributed by atoms with E-state index < -0.39 is 5.97 Å². The molecule has 0 radical (unpaired) electrons. The summed E-state index contributed by atoms with van der Waals surface area (Å²) < 4.78 is 2.07. The number of nitrogens with zero attached hydrogens (tertiary/aromatic N) is 4. The molecule has 0 saturated heterocycles. The fourth-order valence-electron chi connectivity index (χ4n) is 2.78. The summed E-state index contributed by atoms with van der Waals surface area (Å²) in [7, 11) is 0. The van der Waals surface area contributed by atoms with Crippen molar-refractivity contribution < 1.29 is 9.90 Å². The highest BCUT2D eigenvalue weighted by Gasteiger charge is 2.20. The number of carbonyl (C=O) groups is 1. The first-order valence-corrected chi connectivity index (χ1v) is 9.35. The van der Waals surface area contributed by atoms with Gasteiger partial charge in [0, 0.05) is 23.1 Å². The van der Waals surface area contributed by atoms with Crippen molar-refractivity contribution in [3.05, 3.63) is 76.3 Å². The normalized spacial score (nSPS) is 11.4. The van der Waals surface area contributed by atoms with Crippen molar-refractivity contribution in [1.29, 1.82) is 0 Å². The number of halogens is 1. The molecule has 6 nitrogen and oxygen atoms in total. The summed E-state index contributed by atoms with van der Waals surface area (Å²) in [5.41, 5.74) is 4.14. The fraction of sp³-hybridized carbons (Fsp3) is 0.238. The maximum Gasteiger partial charge on any atom is 0.300 e. The number of aromatic nitrogens is 3. The lowest BCUT2D eigenvalue weighted by Gasteiger charge is -2.12. The average Bonchev–Trinajstić information content (AvgIpc) is 2.96. The van der Waals surface area contributed by atoms with Gasteiger partial charge in [-0.05, 0) is 25.1 Å². The zero-order valence-electron chi connectivity index (χ0n) is 16.3. The van der Waals surface area contributed by atoms with E-state index in [0.717, 1.165) is 46.1 Å². The highest BCUT2D eigenvalue weighted by atomic mass is 35.5. The Morgan fingerprint density at radius 2 is 1.68 bits per heavy atom. The highest BCUT2D eigenvalue weighted by molar-refractivity contribution is 6.30. The Kier molecular flexibility index (Phi) is 7.46. The standard InChI is InChI=1S/C17H13ClN4.C2H4O2.C2H6/c1-11-20-21-16-10-19-17(12-6-8-13(18)9-7-12)14-4-2-3-5-15(14)22(11)16;1-2(3)4;1-2/h2-9H,10H2,1H3;1H3,(H,3,4);1-2H3. The third-order valence-corrected chi connectivity index (χ3v) is 4.04. The number of aliphatic carboxylic acids is 1. The average molecular weight is 399 g/mol. The molecule has 146 valence electrons. The summed E-state index contributed by atoms with van der Waals surface area (Å²) in [6.45, 7) is 7.55. The minimum Gasteiger partial charge on any atom is -0.481 e. The molecule has 4 rings (SSSR count). The Bertz CT molecular complexity index is 974. The molecule has 3 aromatic rings. The Morgan fingerprint density at radius 3 is 2.32 bits per heavy atom. The van der Waals surface area contributed by atoms with Crippen LogP contribution in [0.2, 0.25) is 5.02 Å². The predicted octanol–water partition coefficient (Wildman–Crippen LogP) is 4.70. The van der Waals surface area contributed by atoms with E-state index in [-0.39, 0.29) is 0 Å². The van der Waals surface area contributed by atoms with Crippen molar-refractivity contribution in [3.8, 4) is 5.69 Å². The highest BCUT2D eigenvalue weighted by Crippen LogP contribution is 2.25. The smallest absolute Gasteiger partial charge is 0.300 e. The molecule has 0 amide bonds. The summed E-state index contributed by atoms with van der Waals surface area (Å²) in [6, 6.07) is 16.0. The van der Waals surface area contributed by atoms with Gasteiger partial charge in [-0.3, -0.25) is 14.4 Å². The Labute approximate surface area is 169 Å². The number of fused-ring (bicyclic) bond motifs is 3. The van der Waals surface area contributed by atoms with Gasteiger partial charge in [-0.25, -0.2) is 0 Å². The van der Waals surface area contributed by atoms with Crippen LogP contribution in [-0.2, 0) is 11.3 Å². The van der Waals surface area contributed by atoms with Crippen LogP contribution in [0.15, 0.2) is 53.5 Å². The van der Waals surface area contributed by atoms with E-state index in [1.54, 1.807) is 0 Å². The molecule has 2 heterocycles. The van der Waals surface area contributed by atoms with E-state index in [9.17, 15) is 0 Å². The van der Waals surface area contributed by atoms with E-state index in [1.165, 1.54) is 0 Å². The van der Waals surface area contributed by atoms with Crippen LogP contribution in [0, 0.1) is 6.92 Å². The number of para-hydroxylation sites is 1. The van der Waals surface area contributed by atoms with Gasteiger partial charge in [-0.15, -0.1) is 10.2 Å². The summed E-state index contributed by atoms with van der Waals surface area (Å²) in [4.78, 5) is 13.8. The van der Waals surface area contributed by atoms with Crippen molar-refractivity contribution in [1.82, 2.24) is 14.8 Å². The van der Waals surface area contributed by atoms with Crippen molar-refractivity contribution >= 4 is 23.3 Å². The molecule has 1 aliphatic rings. The molecule has 0 atom stereocenters. The Morgan fingerprint density at radius 1 is 1.07 bits per heavy atom. The zero-order chi connectivity index (χ0) is 20.7. The quantitative estimate of drug-likeness (QED) is 0.644. The molecule has 0 aliphatic carbocycles. The van der Waals surface area contributed by atoms with Gasteiger partial charge in [0.15, 0.2) is 5.82 Å². The van der Waals surface area contributed by atoms with Crippen molar-refractivity contribution in [2.75, 3.05) is 0 Å². The number of hydrogen-bond donors (Lipinski definition) is 1. The van der Waals surface area contributed by atoms with E-state index in [0.29, 0.717) is 6.54 Å². The fourth-order valence-corrected chi connectivity index (χ4v) is 2.91. The van der Waals surface area contributed by atoms with Gasteiger partial charge in [0.05, 0.1) is 11.4 Å². The molecule has 0 bridgehead atoms. The maximum absolute atomic E-state index is 9.00. The number of rotatable bonds is 1. The summed E-state index contributed by atoms with van der Waals surface area (Å²) >= 11 is 6.00. The van der Waals surface area contributed by atoms with Crippen LogP contribution in [0.4, 0.5) is 0 Å². The second kappa shape index (κ2) is 9.80. The molecule has 0 spiro atoms. The molecule has 1 aromatic heterocycles. The van der Waals surface area contributed by atoms with Crippen LogP contribution in [0.25, 0.3) is 5.69 Å². The zero-order valence-corrected chi connectivity index (χ0v) is 17.1. The van der Waals surface area contributed by atoms with Crippen LogP contribution < -0.4 is 0 Å². The number of carboxylic acid groups (broad SMARTS) is 1. The van der Waals surface area contributed by atoms with E-state index in [2.05, 4.69) is 26.9 Å². The summed E-state index contributed by atoms with van der Waals surface area (Å²) in [5, 5.41) is 16.6. The minimum absolute atomic E-state index is 0.507. The molecular formula is C21H23ClN4O2. The minimum atomic E-state index is -0.833. The van der Waals surface area contributed by atoms with Crippen molar-refractivity contribution in [2.45, 2.75) is 34.2 Å². The predicted molar refractivity (Wildman–Crippen MR) is 112 cm³/mol. The molecule has 0 unspecified atom stereocenters. The summed E-state index contributed by atoms with van der Waals surface area (Å²) in [6.07, 6.45) is 0. The lowest BCUT2D eigenvalue weighted by Crippen LogP contribution is -2.07. The van der Waals surface area contributed by atoms with Crippen LogP contribution in [-0.4, -0.2) is 31.6 Å². The number of aryl methyl sites for hydroxylation is 1. The van der Waals surface area contributed by atoms with Gasteiger partial charge in [0.25, 0.3) is 5.97 Å². The number of aliphatic imine (C=N–C) groups is 1. The second-order valence-corrected chi connectivity index (χ2v) is 6.14. The van der Waals surface area contributed by atoms with Gasteiger partial charge in [-0.1, -0.05) is 55.8 Å². The molecule has 0 fully saturated rings. The van der Waals surface area contributed by atoms with Gasteiger partial charge in [-0.2, -0.15) is 0 Å². The Hall–Kier alpha value is -2.99. The van der Waals surface area contributed by atoms with Crippen LogP contribution in [0.3, 0.4) is 0 Å². The van der Waals surface area contributed by atoms with Crippen LogP contribution in [0.1, 0.15) is 43.5 Å². The molecule has 7 heteroatoms. The van der Waals surface area contributed by atoms with E-state index >= 15 is 0 Å². The van der Waals surface area contributed by atoms with Crippen molar-refractivity contribution in [2.24, 2.45) is 4.99 Å². The van der Waals surface area contributed by atoms with Gasteiger partial charge in [0.1, 0.15) is 12.4 Å². The third kappa shape index (κ3) is 4.84. The molecule has 1 N–H and O–H groups in total. The number of benzene rings is 2. The third-order valence-electron chi connectivity index (χ3n) is 3.79. The first kappa shape index (κ1) is 21.3. The first-order chi connectivity index (χ1) is 13.5. The lowest BCUT2D eigenvalue weighted by atomic mass is 10.0. The van der Waals surface area contributed by atoms with Crippen LogP contribution >= 0.6 is 11.6 Å². The van der Waals surface area contributed by atoms with E-state index in [1.807, 2.05) is 57.2 Å². The van der Waals surface area contributed by atoms with Gasteiger partial charge < -0.3 is 5.11 Å². The molecule has 28 heavy (non-hydrogen) atoms. The number of carboxylic acids is 1. The monoisotopic (exact) mass is 398 g/mol. The van der Waals surface area contributed by atoms with Crippen LogP contribution in [0.5, 0.6) is 0 Å². The second-order valence-electron chi connectivity index (χ2n) is 5.71. The maximum atomic E-state index is 9.00. The molecular weight excluding hydrogens is 376 g/mol. The SMILES string of the molecule is CC.CC(=O)O.Cc1nnc2n1-c1ccccc1C(c1ccc(Cl)cc1)=NC2. The topological polar surface area (TPSA) is 80.4 Å². The lowest BCUT2D eigenvalue weighted by molar-refractivity contribution is -0.134. The Balaban J connectivity index is 0.000000419. The molecule has 0 saturated carbocycles. The van der Waals surface area contributed by atoms with Gasteiger partial charge in [0.2, 0.25) is 0 Å². The van der Waals surface area contributed by atoms with Gasteiger partial charge >= 0.3 is 0 Å². The summed E-state index contributed by atoms with van der Waals surface area (Å²) in [5.74, 6) is 0.893. The molecule has 1 aliphatic heterocycles. The number of hydrogen-bond acceptors (Lipinski definition) is 4. The molecule has 2 aromatic carbocycles. The largest absolute Gasteiger partial charge is 0.481 e. The first-order valence-electron chi connectivity index (χ1n) is 8.98. The van der Waals surface area contributed by atoms with E-state index in [4.69, 9.17) is 26.5 Å². The van der Waals surface area contributed by atoms with Crippen molar-refractivity contribution in [3.63, 3.8) is 0 Å².